The van der Waals surface area contributed by atoms with E-state index in [1.807, 2.05) is 27.7 Å². The lowest BCUT2D eigenvalue weighted by atomic mass is 9.88. The number of hydrogen-bond donors (Lipinski definition) is 2. The van der Waals surface area contributed by atoms with Gasteiger partial charge in [-0.25, -0.2) is 4.39 Å². The van der Waals surface area contributed by atoms with Crippen molar-refractivity contribution >= 4 is 0 Å². The Hall–Kier alpha value is -0.150. The molecule has 0 fully saturated rings. The molecule has 0 amide bonds. The fourth-order valence-electron chi connectivity index (χ4n) is 0.583. The molecule has 3 N–H and O–H groups in total. The highest BCUT2D eigenvalue weighted by molar-refractivity contribution is 4.79. The maximum atomic E-state index is 13.0. The third-order valence-electron chi connectivity index (χ3n) is 1.76. The minimum Gasteiger partial charge on any atom is -0.330 e. The lowest BCUT2D eigenvalue weighted by molar-refractivity contribution is 0.150. The second kappa shape index (κ2) is 7.50. The summed E-state index contributed by atoms with van der Waals surface area (Å²) in [5.74, 6) is 0. The standard InChI is InChI=1S/C7H17FN2.C2H6/c1-7(2,5-9)6(8)4-10-3;1-2/h6,10H,4-5,9H2,1-3H3;1-2H3. The first kappa shape index (κ1) is 14.4. The van der Waals surface area contributed by atoms with Gasteiger partial charge in [-0.2, -0.15) is 0 Å². The Morgan fingerprint density at radius 2 is 1.83 bits per heavy atom. The lowest BCUT2D eigenvalue weighted by Gasteiger charge is -2.26. The Bertz CT molecular complexity index is 94.5. The Labute approximate surface area is 75.7 Å². The van der Waals surface area contributed by atoms with Crippen molar-refractivity contribution in [1.29, 1.82) is 0 Å². The van der Waals surface area contributed by atoms with Crippen LogP contribution in [0.2, 0.25) is 0 Å². The SMILES string of the molecule is CC.CNCC(F)C(C)(C)CN. The summed E-state index contributed by atoms with van der Waals surface area (Å²) in [5.41, 5.74) is 4.97. The topological polar surface area (TPSA) is 38.0 Å². The Kier molecular flexibility index (Phi) is 8.98. The summed E-state index contributed by atoms with van der Waals surface area (Å²) in [4.78, 5) is 0. The summed E-state index contributed by atoms with van der Waals surface area (Å²) in [7, 11) is 1.74. The Morgan fingerprint density at radius 3 is 2.08 bits per heavy atom. The molecule has 12 heavy (non-hydrogen) atoms. The van der Waals surface area contributed by atoms with Crippen molar-refractivity contribution in [2.24, 2.45) is 11.1 Å². The van der Waals surface area contributed by atoms with Crippen LogP contribution in [0.5, 0.6) is 0 Å². The van der Waals surface area contributed by atoms with Crippen LogP contribution in [0.4, 0.5) is 4.39 Å². The lowest BCUT2D eigenvalue weighted by Crippen LogP contribution is -2.39. The molecule has 0 aromatic heterocycles. The van der Waals surface area contributed by atoms with Gasteiger partial charge in [0.15, 0.2) is 0 Å². The first-order chi connectivity index (χ1) is 5.54. The number of halogens is 1. The Balaban J connectivity index is 0. The number of rotatable bonds is 4. The average molecular weight is 178 g/mol. The zero-order chi connectivity index (χ0) is 10.2. The minimum absolute atomic E-state index is 0.379. The number of nitrogens with one attached hydrogen (secondary N) is 1. The highest BCUT2D eigenvalue weighted by Crippen LogP contribution is 2.20. The van der Waals surface area contributed by atoms with Gasteiger partial charge in [0.1, 0.15) is 6.17 Å². The molecule has 76 valence electrons. The highest BCUT2D eigenvalue weighted by Gasteiger charge is 2.26. The monoisotopic (exact) mass is 178 g/mol. The second-order valence-electron chi connectivity index (χ2n) is 3.22. The average Bonchev–Trinajstić information content (AvgIpc) is 2.08. The third kappa shape index (κ3) is 5.49. The molecule has 0 aromatic rings. The van der Waals surface area contributed by atoms with Gasteiger partial charge in [0.2, 0.25) is 0 Å². The van der Waals surface area contributed by atoms with Gasteiger partial charge < -0.3 is 11.1 Å². The predicted molar refractivity (Wildman–Crippen MR) is 53.0 cm³/mol. The van der Waals surface area contributed by atoms with Gasteiger partial charge in [0.25, 0.3) is 0 Å². The predicted octanol–water partition coefficient (Wildman–Crippen LogP) is 1.55. The van der Waals surface area contributed by atoms with Crippen LogP contribution in [0.3, 0.4) is 0 Å². The molecule has 0 aliphatic rings. The van der Waals surface area contributed by atoms with Crippen LogP contribution in [-0.2, 0) is 0 Å². The van der Waals surface area contributed by atoms with Crippen LogP contribution < -0.4 is 11.1 Å². The molecule has 0 spiro atoms. The third-order valence-corrected chi connectivity index (χ3v) is 1.76. The fourth-order valence-corrected chi connectivity index (χ4v) is 0.583. The van der Waals surface area contributed by atoms with Gasteiger partial charge in [-0.15, -0.1) is 0 Å². The van der Waals surface area contributed by atoms with Crippen molar-refractivity contribution in [2.45, 2.75) is 33.9 Å². The van der Waals surface area contributed by atoms with E-state index >= 15 is 0 Å². The molecule has 1 unspecified atom stereocenters. The molecule has 0 aliphatic carbocycles. The normalized spacial score (nSPS) is 13.2. The summed E-state index contributed by atoms with van der Waals surface area (Å²) in [6.45, 7) is 8.42. The maximum absolute atomic E-state index is 13.0. The van der Waals surface area contributed by atoms with Crippen LogP contribution in [-0.4, -0.2) is 26.3 Å². The molecule has 0 saturated carbocycles. The molecular weight excluding hydrogens is 155 g/mol. The summed E-state index contributed by atoms with van der Waals surface area (Å²) in [6, 6.07) is 0. The van der Waals surface area contributed by atoms with E-state index in [9.17, 15) is 4.39 Å². The first-order valence-corrected chi connectivity index (χ1v) is 4.53. The van der Waals surface area contributed by atoms with Crippen molar-refractivity contribution in [3.8, 4) is 0 Å². The smallest absolute Gasteiger partial charge is 0.119 e. The van der Waals surface area contributed by atoms with Crippen LogP contribution in [0.25, 0.3) is 0 Å². The summed E-state index contributed by atoms with van der Waals surface area (Å²) in [6.07, 6.45) is -0.859. The zero-order valence-corrected chi connectivity index (χ0v) is 8.95. The maximum Gasteiger partial charge on any atom is 0.119 e. The fraction of sp³-hybridized carbons (Fsp3) is 1.00. The van der Waals surface area contributed by atoms with Crippen LogP contribution >= 0.6 is 0 Å². The molecule has 0 aromatic carbocycles. The number of hydrogen-bond acceptors (Lipinski definition) is 2. The van der Waals surface area contributed by atoms with Crippen molar-refractivity contribution in [2.75, 3.05) is 20.1 Å². The molecule has 0 rings (SSSR count). The highest BCUT2D eigenvalue weighted by atomic mass is 19.1. The van der Waals surface area contributed by atoms with Crippen molar-refractivity contribution < 1.29 is 4.39 Å². The van der Waals surface area contributed by atoms with E-state index in [4.69, 9.17) is 5.73 Å². The molecule has 3 heteroatoms. The largest absolute Gasteiger partial charge is 0.330 e. The van der Waals surface area contributed by atoms with E-state index in [-0.39, 0.29) is 0 Å². The Morgan fingerprint density at radius 1 is 1.42 bits per heavy atom. The molecule has 0 radical (unpaired) electrons. The van der Waals surface area contributed by atoms with E-state index in [2.05, 4.69) is 5.32 Å². The van der Waals surface area contributed by atoms with E-state index in [0.29, 0.717) is 13.1 Å². The molecule has 2 nitrogen and oxygen atoms in total. The van der Waals surface area contributed by atoms with E-state index in [0.717, 1.165) is 0 Å². The van der Waals surface area contributed by atoms with Crippen molar-refractivity contribution in [3.05, 3.63) is 0 Å². The number of nitrogens with two attached hydrogens (primary N) is 1. The van der Waals surface area contributed by atoms with Gasteiger partial charge in [-0.1, -0.05) is 27.7 Å². The minimum atomic E-state index is -0.859. The van der Waals surface area contributed by atoms with E-state index < -0.39 is 11.6 Å². The van der Waals surface area contributed by atoms with Gasteiger partial charge in [-0.05, 0) is 7.05 Å². The van der Waals surface area contributed by atoms with E-state index in [1.165, 1.54) is 0 Å². The van der Waals surface area contributed by atoms with Crippen LogP contribution in [0.15, 0.2) is 0 Å². The number of alkyl halides is 1. The molecule has 0 bridgehead atoms. The second-order valence-corrected chi connectivity index (χ2v) is 3.22. The van der Waals surface area contributed by atoms with Gasteiger partial charge in [-0.3, -0.25) is 0 Å². The molecular formula is C9H23FN2. The molecule has 1 atom stereocenters. The molecule has 0 saturated heterocycles. The quantitative estimate of drug-likeness (QED) is 0.685. The van der Waals surface area contributed by atoms with Gasteiger partial charge in [0, 0.05) is 18.5 Å². The molecule has 0 heterocycles. The summed E-state index contributed by atoms with van der Waals surface area (Å²) >= 11 is 0. The van der Waals surface area contributed by atoms with Crippen LogP contribution in [0, 0.1) is 5.41 Å². The van der Waals surface area contributed by atoms with Crippen molar-refractivity contribution in [1.82, 2.24) is 5.32 Å². The van der Waals surface area contributed by atoms with Gasteiger partial charge >= 0.3 is 0 Å². The summed E-state index contributed by atoms with van der Waals surface area (Å²) in [5, 5.41) is 2.78. The zero-order valence-electron chi connectivity index (χ0n) is 8.95. The first-order valence-electron chi connectivity index (χ1n) is 4.53. The summed E-state index contributed by atoms with van der Waals surface area (Å²) < 4.78 is 13.0. The molecule has 0 aliphatic heterocycles. The van der Waals surface area contributed by atoms with Crippen LogP contribution in [0.1, 0.15) is 27.7 Å². The van der Waals surface area contributed by atoms with Crippen molar-refractivity contribution in [3.63, 3.8) is 0 Å². The van der Waals surface area contributed by atoms with Gasteiger partial charge in [0.05, 0.1) is 0 Å². The van der Waals surface area contributed by atoms with E-state index in [1.54, 1.807) is 7.05 Å².